The molecule has 2 aromatic rings. The van der Waals surface area contributed by atoms with Crippen LogP contribution in [0.3, 0.4) is 0 Å². The monoisotopic (exact) mass is 315 g/mol. The average Bonchev–Trinajstić information content (AvgIpc) is 2.54. The van der Waals surface area contributed by atoms with Crippen LogP contribution in [0, 0.1) is 0 Å². The Bertz CT molecular complexity index is 640. The molecule has 0 fully saturated rings. The van der Waals surface area contributed by atoms with E-state index in [1.165, 1.54) is 23.3 Å². The van der Waals surface area contributed by atoms with E-state index in [4.69, 9.17) is 9.84 Å². The SMILES string of the molecule is CC(=O)NCCc1cccc2ccc(OCCCCCO)cc12. The second kappa shape index (κ2) is 9.16. The number of rotatable bonds is 9. The first-order valence-corrected chi connectivity index (χ1v) is 8.20. The summed E-state index contributed by atoms with van der Waals surface area (Å²) in [5.41, 5.74) is 1.21. The van der Waals surface area contributed by atoms with Gasteiger partial charge in [0.15, 0.2) is 0 Å². The molecule has 0 bridgehead atoms. The highest BCUT2D eigenvalue weighted by molar-refractivity contribution is 5.87. The molecule has 0 spiro atoms. The molecule has 4 nitrogen and oxygen atoms in total. The molecule has 23 heavy (non-hydrogen) atoms. The highest BCUT2D eigenvalue weighted by Gasteiger charge is 2.04. The molecular weight excluding hydrogens is 290 g/mol. The summed E-state index contributed by atoms with van der Waals surface area (Å²) in [6.45, 7) is 3.08. The number of benzene rings is 2. The lowest BCUT2D eigenvalue weighted by molar-refractivity contribution is -0.118. The molecule has 0 aliphatic carbocycles. The van der Waals surface area contributed by atoms with Gasteiger partial charge in [0.25, 0.3) is 0 Å². The summed E-state index contributed by atoms with van der Waals surface area (Å²) in [7, 11) is 0. The summed E-state index contributed by atoms with van der Waals surface area (Å²) in [6.07, 6.45) is 3.56. The zero-order valence-electron chi connectivity index (χ0n) is 13.7. The topological polar surface area (TPSA) is 58.6 Å². The number of nitrogens with one attached hydrogen (secondary N) is 1. The van der Waals surface area contributed by atoms with Crippen molar-refractivity contribution in [3.63, 3.8) is 0 Å². The van der Waals surface area contributed by atoms with E-state index >= 15 is 0 Å². The Morgan fingerprint density at radius 1 is 1.17 bits per heavy atom. The number of carbonyl (C=O) groups is 1. The molecule has 0 heterocycles. The number of unbranched alkanes of at least 4 members (excludes halogenated alkanes) is 2. The summed E-state index contributed by atoms with van der Waals surface area (Å²) in [5.74, 6) is 0.866. The molecule has 4 heteroatoms. The van der Waals surface area contributed by atoms with E-state index in [0.29, 0.717) is 13.2 Å². The first kappa shape index (κ1) is 17.3. The molecule has 2 aromatic carbocycles. The Balaban J connectivity index is 2.02. The smallest absolute Gasteiger partial charge is 0.216 e. The zero-order valence-corrected chi connectivity index (χ0v) is 13.7. The van der Waals surface area contributed by atoms with Gasteiger partial charge in [0, 0.05) is 20.1 Å². The van der Waals surface area contributed by atoms with E-state index in [9.17, 15) is 4.79 Å². The van der Waals surface area contributed by atoms with Crippen molar-refractivity contribution in [1.82, 2.24) is 5.32 Å². The number of ether oxygens (including phenoxy) is 1. The van der Waals surface area contributed by atoms with Crippen LogP contribution in [0.25, 0.3) is 10.8 Å². The van der Waals surface area contributed by atoms with Crippen molar-refractivity contribution in [3.05, 3.63) is 42.0 Å². The van der Waals surface area contributed by atoms with Crippen LogP contribution in [0.1, 0.15) is 31.7 Å². The number of fused-ring (bicyclic) bond motifs is 1. The molecule has 1 amide bonds. The minimum absolute atomic E-state index is 0.00265. The Kier molecular flexibility index (Phi) is 6.88. The van der Waals surface area contributed by atoms with Crippen LogP contribution < -0.4 is 10.1 Å². The molecule has 0 aliphatic heterocycles. The van der Waals surface area contributed by atoms with Crippen molar-refractivity contribution in [1.29, 1.82) is 0 Å². The number of aliphatic hydroxyl groups excluding tert-OH is 1. The van der Waals surface area contributed by atoms with Crippen molar-refractivity contribution < 1.29 is 14.6 Å². The predicted molar refractivity (Wildman–Crippen MR) is 92.8 cm³/mol. The van der Waals surface area contributed by atoms with E-state index in [2.05, 4.69) is 29.6 Å². The number of aliphatic hydroxyl groups is 1. The van der Waals surface area contributed by atoms with E-state index in [1.54, 1.807) is 0 Å². The van der Waals surface area contributed by atoms with Gasteiger partial charge in [-0.15, -0.1) is 0 Å². The van der Waals surface area contributed by atoms with Crippen molar-refractivity contribution in [2.45, 2.75) is 32.6 Å². The van der Waals surface area contributed by atoms with Gasteiger partial charge in [-0.05, 0) is 54.2 Å². The molecule has 0 aromatic heterocycles. The molecule has 0 atom stereocenters. The lowest BCUT2D eigenvalue weighted by atomic mass is 10.0. The van der Waals surface area contributed by atoms with Gasteiger partial charge in [0.2, 0.25) is 5.91 Å². The maximum atomic E-state index is 11.0. The minimum Gasteiger partial charge on any atom is -0.494 e. The lowest BCUT2D eigenvalue weighted by Gasteiger charge is -2.10. The van der Waals surface area contributed by atoms with E-state index in [1.807, 2.05) is 12.1 Å². The number of hydrogen-bond acceptors (Lipinski definition) is 3. The van der Waals surface area contributed by atoms with Crippen LogP contribution in [0.4, 0.5) is 0 Å². The summed E-state index contributed by atoms with van der Waals surface area (Å²) >= 11 is 0. The zero-order chi connectivity index (χ0) is 16.5. The number of carbonyl (C=O) groups excluding carboxylic acids is 1. The number of amides is 1. The fraction of sp³-hybridized carbons (Fsp3) is 0.421. The van der Waals surface area contributed by atoms with Crippen molar-refractivity contribution in [2.75, 3.05) is 19.8 Å². The van der Waals surface area contributed by atoms with E-state index < -0.39 is 0 Å². The molecular formula is C19H25NO3. The third-order valence-corrected chi connectivity index (χ3v) is 3.78. The van der Waals surface area contributed by atoms with Gasteiger partial charge in [-0.1, -0.05) is 24.3 Å². The maximum absolute atomic E-state index is 11.0. The normalized spacial score (nSPS) is 10.7. The number of hydrogen-bond donors (Lipinski definition) is 2. The highest BCUT2D eigenvalue weighted by Crippen LogP contribution is 2.24. The Hall–Kier alpha value is -2.07. The molecule has 0 radical (unpaired) electrons. The molecule has 124 valence electrons. The third-order valence-electron chi connectivity index (χ3n) is 3.78. The minimum atomic E-state index is -0.00265. The third kappa shape index (κ3) is 5.57. The van der Waals surface area contributed by atoms with Gasteiger partial charge in [-0.3, -0.25) is 4.79 Å². The molecule has 0 saturated carbocycles. The summed E-state index contributed by atoms with van der Waals surface area (Å²) in [5, 5.41) is 14.0. The standard InChI is InChI=1S/C19H25NO3/c1-15(22)20-11-10-17-7-5-6-16-8-9-18(14-19(16)17)23-13-4-2-3-12-21/h5-9,14,21H,2-4,10-13H2,1H3,(H,20,22). The van der Waals surface area contributed by atoms with Gasteiger partial charge in [0.1, 0.15) is 5.75 Å². The van der Waals surface area contributed by atoms with E-state index in [-0.39, 0.29) is 12.5 Å². The first-order chi connectivity index (χ1) is 11.2. The first-order valence-electron chi connectivity index (χ1n) is 8.20. The Morgan fingerprint density at radius 2 is 2.04 bits per heavy atom. The van der Waals surface area contributed by atoms with Gasteiger partial charge in [-0.2, -0.15) is 0 Å². The lowest BCUT2D eigenvalue weighted by Crippen LogP contribution is -2.22. The molecule has 0 saturated heterocycles. The van der Waals surface area contributed by atoms with Gasteiger partial charge in [-0.25, -0.2) is 0 Å². The van der Waals surface area contributed by atoms with Crippen molar-refractivity contribution in [3.8, 4) is 5.75 Å². The largest absolute Gasteiger partial charge is 0.494 e. The average molecular weight is 315 g/mol. The van der Waals surface area contributed by atoms with Crippen LogP contribution in [0.2, 0.25) is 0 Å². The molecule has 2 rings (SSSR count). The Morgan fingerprint density at radius 3 is 2.83 bits per heavy atom. The summed E-state index contributed by atoms with van der Waals surface area (Å²) < 4.78 is 5.81. The molecule has 2 N–H and O–H groups in total. The second-order valence-corrected chi connectivity index (χ2v) is 5.67. The fourth-order valence-electron chi connectivity index (χ4n) is 2.58. The van der Waals surface area contributed by atoms with Gasteiger partial charge >= 0.3 is 0 Å². The van der Waals surface area contributed by atoms with Crippen LogP contribution in [-0.4, -0.2) is 30.8 Å². The summed E-state index contributed by atoms with van der Waals surface area (Å²) in [4.78, 5) is 11.0. The van der Waals surface area contributed by atoms with Crippen LogP contribution in [0.5, 0.6) is 5.75 Å². The second-order valence-electron chi connectivity index (χ2n) is 5.67. The van der Waals surface area contributed by atoms with Gasteiger partial charge in [0.05, 0.1) is 6.61 Å². The van der Waals surface area contributed by atoms with Crippen LogP contribution >= 0.6 is 0 Å². The van der Waals surface area contributed by atoms with E-state index in [0.717, 1.165) is 31.4 Å². The Labute approximate surface area is 137 Å². The predicted octanol–water partition coefficient (Wildman–Crippen LogP) is 3.06. The van der Waals surface area contributed by atoms with Gasteiger partial charge < -0.3 is 15.2 Å². The maximum Gasteiger partial charge on any atom is 0.216 e. The fourth-order valence-corrected chi connectivity index (χ4v) is 2.58. The molecule has 0 aliphatic rings. The van der Waals surface area contributed by atoms with Crippen molar-refractivity contribution >= 4 is 16.7 Å². The van der Waals surface area contributed by atoms with Crippen LogP contribution in [0.15, 0.2) is 36.4 Å². The summed E-state index contributed by atoms with van der Waals surface area (Å²) in [6, 6.07) is 12.4. The van der Waals surface area contributed by atoms with Crippen molar-refractivity contribution in [2.24, 2.45) is 0 Å². The highest BCUT2D eigenvalue weighted by atomic mass is 16.5. The quantitative estimate of drug-likeness (QED) is 0.699. The van der Waals surface area contributed by atoms with Crippen LogP contribution in [-0.2, 0) is 11.2 Å². The molecule has 0 unspecified atom stereocenters.